The number of carbonyl (C=O) groups is 1. The molecule has 0 atom stereocenters. The minimum atomic E-state index is -4.34. The number of likely N-dealkylation sites (N-methyl/N-ethyl adjacent to an activating group) is 1. The Morgan fingerprint density at radius 2 is 1.88 bits per heavy atom. The van der Waals surface area contributed by atoms with Crippen LogP contribution in [0.1, 0.15) is 41.2 Å². The highest BCUT2D eigenvalue weighted by atomic mass is 19.4. The van der Waals surface area contributed by atoms with Crippen molar-refractivity contribution in [3.8, 4) is 0 Å². The van der Waals surface area contributed by atoms with Crippen molar-refractivity contribution < 1.29 is 22.4 Å². The fourth-order valence-electron chi connectivity index (χ4n) is 2.37. The molecule has 0 aliphatic heterocycles. The van der Waals surface area contributed by atoms with Crippen molar-refractivity contribution in [2.75, 3.05) is 13.1 Å². The van der Waals surface area contributed by atoms with Gasteiger partial charge in [-0.25, -0.2) is 4.98 Å². The van der Waals surface area contributed by atoms with Crippen LogP contribution in [0.4, 0.5) is 13.2 Å². The van der Waals surface area contributed by atoms with E-state index in [9.17, 15) is 18.0 Å². The molecule has 0 aliphatic carbocycles. The van der Waals surface area contributed by atoms with Gasteiger partial charge in [-0.15, -0.1) is 0 Å². The zero-order valence-electron chi connectivity index (χ0n) is 13.6. The number of carbonyl (C=O) groups excluding carboxylic acids is 1. The van der Waals surface area contributed by atoms with Gasteiger partial charge in [0.15, 0.2) is 12.1 Å². The predicted molar refractivity (Wildman–Crippen MR) is 82.6 cm³/mol. The first kappa shape index (κ1) is 18.0. The fourth-order valence-corrected chi connectivity index (χ4v) is 2.37. The average molecular weight is 340 g/mol. The van der Waals surface area contributed by atoms with E-state index in [4.69, 9.17) is 4.42 Å². The smallest absolute Gasteiger partial charge is 0.416 e. The third kappa shape index (κ3) is 4.15. The summed E-state index contributed by atoms with van der Waals surface area (Å²) in [6, 6.07) is 4.99. The summed E-state index contributed by atoms with van der Waals surface area (Å²) in [5.41, 5.74) is 0.363. The summed E-state index contributed by atoms with van der Waals surface area (Å²) in [5.74, 6) is 0.308. The van der Waals surface area contributed by atoms with Gasteiger partial charge in [0, 0.05) is 19.5 Å². The minimum absolute atomic E-state index is 0.227. The molecule has 0 fully saturated rings. The first-order chi connectivity index (χ1) is 11.4. The maximum atomic E-state index is 12.6. The second-order valence-corrected chi connectivity index (χ2v) is 5.31. The van der Waals surface area contributed by atoms with Gasteiger partial charge < -0.3 is 9.32 Å². The Morgan fingerprint density at radius 1 is 1.21 bits per heavy atom. The summed E-state index contributed by atoms with van der Waals surface area (Å²) in [7, 11) is 0. The molecule has 0 bridgehead atoms. The van der Waals surface area contributed by atoms with Gasteiger partial charge >= 0.3 is 6.18 Å². The molecule has 2 rings (SSSR count). The van der Waals surface area contributed by atoms with E-state index in [1.807, 2.05) is 13.8 Å². The van der Waals surface area contributed by atoms with Crippen molar-refractivity contribution in [3.63, 3.8) is 0 Å². The lowest BCUT2D eigenvalue weighted by atomic mass is 10.1. The molecule has 0 N–H and O–H groups in total. The van der Waals surface area contributed by atoms with Gasteiger partial charge in [-0.3, -0.25) is 4.79 Å². The summed E-state index contributed by atoms with van der Waals surface area (Å²) in [5, 5.41) is 0. The SMILES string of the molecule is CCc1ocnc1C(=O)N(CC)CCc1ccc(C(F)(F)F)cc1. The van der Waals surface area contributed by atoms with Gasteiger partial charge in [0.25, 0.3) is 5.91 Å². The first-order valence-electron chi connectivity index (χ1n) is 7.74. The van der Waals surface area contributed by atoms with Crippen LogP contribution in [-0.4, -0.2) is 28.9 Å². The average Bonchev–Trinajstić information content (AvgIpc) is 3.03. The maximum Gasteiger partial charge on any atom is 0.416 e. The van der Waals surface area contributed by atoms with E-state index >= 15 is 0 Å². The van der Waals surface area contributed by atoms with Gasteiger partial charge in [0.2, 0.25) is 0 Å². The number of aromatic nitrogens is 1. The summed E-state index contributed by atoms with van der Waals surface area (Å²) in [4.78, 5) is 18.1. The van der Waals surface area contributed by atoms with E-state index < -0.39 is 11.7 Å². The van der Waals surface area contributed by atoms with Crippen LogP contribution in [0, 0.1) is 0 Å². The maximum absolute atomic E-state index is 12.6. The summed E-state index contributed by atoms with van der Waals surface area (Å²) in [6.45, 7) is 4.60. The molecule has 7 heteroatoms. The number of hydrogen-bond acceptors (Lipinski definition) is 3. The third-order valence-electron chi connectivity index (χ3n) is 3.79. The van der Waals surface area contributed by atoms with Crippen LogP contribution >= 0.6 is 0 Å². The summed E-state index contributed by atoms with van der Waals surface area (Å²) < 4.78 is 42.8. The van der Waals surface area contributed by atoms with Crippen LogP contribution in [-0.2, 0) is 19.0 Å². The molecule has 0 saturated heterocycles. The van der Waals surface area contributed by atoms with E-state index in [0.717, 1.165) is 17.7 Å². The third-order valence-corrected chi connectivity index (χ3v) is 3.79. The standard InChI is InChI=1S/C17H19F3N2O2/c1-3-14-15(21-11-24-14)16(23)22(4-2)10-9-12-5-7-13(8-6-12)17(18,19)20/h5-8,11H,3-4,9-10H2,1-2H3. The topological polar surface area (TPSA) is 46.3 Å². The second kappa shape index (κ2) is 7.51. The number of aryl methyl sites for hydroxylation is 1. The van der Waals surface area contributed by atoms with Crippen LogP contribution in [0.3, 0.4) is 0 Å². The molecular weight excluding hydrogens is 321 g/mol. The number of rotatable bonds is 6. The van der Waals surface area contributed by atoms with Crippen LogP contribution < -0.4 is 0 Å². The van der Waals surface area contributed by atoms with E-state index in [0.29, 0.717) is 37.4 Å². The van der Waals surface area contributed by atoms with Crippen LogP contribution in [0.2, 0.25) is 0 Å². The summed E-state index contributed by atoms with van der Waals surface area (Å²) >= 11 is 0. The zero-order valence-corrected chi connectivity index (χ0v) is 13.6. The Morgan fingerprint density at radius 3 is 2.42 bits per heavy atom. The molecule has 24 heavy (non-hydrogen) atoms. The highest BCUT2D eigenvalue weighted by Gasteiger charge is 2.30. The number of nitrogens with zero attached hydrogens (tertiary/aromatic N) is 2. The van der Waals surface area contributed by atoms with Crippen molar-refractivity contribution >= 4 is 5.91 Å². The minimum Gasteiger partial charge on any atom is -0.448 e. The molecule has 1 aromatic heterocycles. The van der Waals surface area contributed by atoms with Crippen molar-refractivity contribution in [3.05, 3.63) is 53.2 Å². The molecule has 1 heterocycles. The molecule has 1 amide bonds. The van der Waals surface area contributed by atoms with E-state index in [1.54, 1.807) is 4.90 Å². The van der Waals surface area contributed by atoms with Gasteiger partial charge in [0.05, 0.1) is 5.56 Å². The Balaban J connectivity index is 2.02. The predicted octanol–water partition coefficient (Wildman–Crippen LogP) is 3.96. The van der Waals surface area contributed by atoms with Crippen molar-refractivity contribution in [2.45, 2.75) is 32.9 Å². The van der Waals surface area contributed by atoms with Crippen LogP contribution in [0.25, 0.3) is 0 Å². The molecule has 2 aromatic rings. The first-order valence-corrected chi connectivity index (χ1v) is 7.74. The molecule has 0 aliphatic rings. The molecule has 0 spiro atoms. The molecule has 1 aromatic carbocycles. The second-order valence-electron chi connectivity index (χ2n) is 5.31. The van der Waals surface area contributed by atoms with Crippen molar-refractivity contribution in [1.29, 1.82) is 0 Å². The lowest BCUT2D eigenvalue weighted by molar-refractivity contribution is -0.137. The van der Waals surface area contributed by atoms with E-state index in [-0.39, 0.29) is 5.91 Å². The van der Waals surface area contributed by atoms with Gasteiger partial charge in [-0.1, -0.05) is 19.1 Å². The molecule has 0 saturated carbocycles. The Bertz CT molecular complexity index is 678. The lowest BCUT2D eigenvalue weighted by Gasteiger charge is -2.20. The number of halogens is 3. The molecule has 0 unspecified atom stereocenters. The Hall–Kier alpha value is -2.31. The molecule has 130 valence electrons. The van der Waals surface area contributed by atoms with E-state index in [1.165, 1.54) is 18.5 Å². The van der Waals surface area contributed by atoms with E-state index in [2.05, 4.69) is 4.98 Å². The number of oxazole rings is 1. The zero-order chi connectivity index (χ0) is 17.7. The fraction of sp³-hybridized carbons (Fsp3) is 0.412. The van der Waals surface area contributed by atoms with Crippen molar-refractivity contribution in [1.82, 2.24) is 9.88 Å². The molecule has 0 radical (unpaired) electrons. The lowest BCUT2D eigenvalue weighted by Crippen LogP contribution is -2.33. The Labute approximate surface area is 138 Å². The highest BCUT2D eigenvalue weighted by Crippen LogP contribution is 2.29. The quantitative estimate of drug-likeness (QED) is 0.800. The van der Waals surface area contributed by atoms with Crippen LogP contribution in [0.15, 0.2) is 35.1 Å². The number of alkyl halides is 3. The number of hydrogen-bond donors (Lipinski definition) is 0. The van der Waals surface area contributed by atoms with Gasteiger partial charge in [-0.05, 0) is 31.0 Å². The largest absolute Gasteiger partial charge is 0.448 e. The highest BCUT2D eigenvalue weighted by molar-refractivity contribution is 5.93. The number of amides is 1. The molecule has 4 nitrogen and oxygen atoms in total. The molecular formula is C17H19F3N2O2. The normalized spacial score (nSPS) is 11.5. The van der Waals surface area contributed by atoms with Crippen molar-refractivity contribution in [2.24, 2.45) is 0 Å². The number of benzene rings is 1. The van der Waals surface area contributed by atoms with Gasteiger partial charge in [0.1, 0.15) is 5.76 Å². The van der Waals surface area contributed by atoms with Crippen LogP contribution in [0.5, 0.6) is 0 Å². The summed E-state index contributed by atoms with van der Waals surface area (Å²) in [6.07, 6.45) is -2.06. The van der Waals surface area contributed by atoms with Gasteiger partial charge in [-0.2, -0.15) is 13.2 Å². The monoisotopic (exact) mass is 340 g/mol. The Kier molecular flexibility index (Phi) is 5.64.